The van der Waals surface area contributed by atoms with Crippen LogP contribution in [0.2, 0.25) is 5.02 Å². The molecule has 23 heavy (non-hydrogen) atoms. The maximum atomic E-state index is 11.9. The topological polar surface area (TPSA) is 41.1 Å². The van der Waals surface area contributed by atoms with Crippen molar-refractivity contribution in [3.8, 4) is 0 Å². The van der Waals surface area contributed by atoms with Gasteiger partial charge in [-0.15, -0.1) is 11.8 Å². The van der Waals surface area contributed by atoms with Crippen molar-refractivity contribution in [3.05, 3.63) is 74.8 Å². The van der Waals surface area contributed by atoms with E-state index in [1.54, 1.807) is 0 Å². The number of amides is 1. The fraction of sp³-hybridized carbons (Fsp3) is 0.118. The summed E-state index contributed by atoms with van der Waals surface area (Å²) in [6, 6.07) is 15.5. The van der Waals surface area contributed by atoms with Crippen LogP contribution in [0.3, 0.4) is 0 Å². The van der Waals surface area contributed by atoms with Gasteiger partial charge in [0.1, 0.15) is 0 Å². The molecule has 0 spiro atoms. The molecular weight excluding hydrogens is 443 g/mol. The maximum absolute atomic E-state index is 11.9. The lowest BCUT2D eigenvalue weighted by Gasteiger charge is -2.11. The van der Waals surface area contributed by atoms with Crippen LogP contribution in [-0.4, -0.2) is 11.7 Å². The molecule has 2 aromatic rings. The van der Waals surface area contributed by atoms with Crippen molar-refractivity contribution < 1.29 is 4.79 Å². The molecule has 3 nitrogen and oxygen atoms in total. The second-order valence-corrected chi connectivity index (χ2v) is 7.38. The predicted molar refractivity (Wildman–Crippen MR) is 107 cm³/mol. The molecule has 1 amide bonds. The SMILES string of the molecule is C=C(NNC(=O)CSCc1ccccc1Cl)c1cccc(I)c1. The molecule has 2 N–H and O–H groups in total. The minimum atomic E-state index is -0.103. The van der Waals surface area contributed by atoms with Crippen LogP contribution in [0.5, 0.6) is 0 Å². The number of hydrazine groups is 1. The highest BCUT2D eigenvalue weighted by Gasteiger charge is 2.05. The molecule has 0 atom stereocenters. The van der Waals surface area contributed by atoms with Gasteiger partial charge in [0.25, 0.3) is 0 Å². The summed E-state index contributed by atoms with van der Waals surface area (Å²) in [6.45, 7) is 3.92. The van der Waals surface area contributed by atoms with Crippen LogP contribution < -0.4 is 10.9 Å². The first-order valence-corrected chi connectivity index (χ1v) is 9.48. The Kier molecular flexibility index (Phi) is 7.26. The monoisotopic (exact) mass is 458 g/mol. The van der Waals surface area contributed by atoms with Gasteiger partial charge in [0, 0.05) is 14.3 Å². The lowest BCUT2D eigenvalue weighted by molar-refractivity contribution is -0.119. The van der Waals surface area contributed by atoms with E-state index in [1.807, 2.05) is 48.5 Å². The number of carbonyl (C=O) groups excluding carboxylic acids is 1. The average Bonchev–Trinajstić information content (AvgIpc) is 2.54. The predicted octanol–water partition coefficient (Wildman–Crippen LogP) is 4.47. The first kappa shape index (κ1) is 18.2. The van der Waals surface area contributed by atoms with E-state index < -0.39 is 0 Å². The summed E-state index contributed by atoms with van der Waals surface area (Å²) in [7, 11) is 0. The zero-order chi connectivity index (χ0) is 16.7. The lowest BCUT2D eigenvalue weighted by Crippen LogP contribution is -2.37. The summed E-state index contributed by atoms with van der Waals surface area (Å²) in [5.74, 6) is 0.941. The summed E-state index contributed by atoms with van der Waals surface area (Å²) in [5.41, 5.74) is 8.14. The van der Waals surface area contributed by atoms with Gasteiger partial charge in [0.05, 0.1) is 11.4 Å². The highest BCUT2D eigenvalue weighted by atomic mass is 127. The van der Waals surface area contributed by atoms with Gasteiger partial charge in [0.15, 0.2) is 0 Å². The number of nitrogens with one attached hydrogen (secondary N) is 2. The first-order valence-electron chi connectivity index (χ1n) is 6.87. The number of halogens is 2. The molecule has 0 aliphatic rings. The van der Waals surface area contributed by atoms with Crippen molar-refractivity contribution in [1.29, 1.82) is 0 Å². The Morgan fingerprint density at radius 1 is 1.17 bits per heavy atom. The molecule has 0 aliphatic heterocycles. The highest BCUT2D eigenvalue weighted by molar-refractivity contribution is 14.1. The summed E-state index contributed by atoms with van der Waals surface area (Å²) >= 11 is 9.83. The van der Waals surface area contributed by atoms with Gasteiger partial charge >= 0.3 is 0 Å². The molecule has 0 aromatic heterocycles. The Hall–Kier alpha value is -1.18. The third-order valence-electron chi connectivity index (χ3n) is 2.97. The van der Waals surface area contributed by atoms with E-state index in [2.05, 4.69) is 40.0 Å². The average molecular weight is 459 g/mol. The summed E-state index contributed by atoms with van der Waals surface area (Å²) in [6.07, 6.45) is 0. The van der Waals surface area contributed by atoms with Crippen molar-refractivity contribution in [2.75, 3.05) is 5.75 Å². The van der Waals surface area contributed by atoms with Crippen LogP contribution in [0, 0.1) is 3.57 Å². The first-order chi connectivity index (χ1) is 11.1. The minimum absolute atomic E-state index is 0.103. The number of benzene rings is 2. The summed E-state index contributed by atoms with van der Waals surface area (Å²) in [5, 5.41) is 0.727. The molecule has 0 aliphatic carbocycles. The van der Waals surface area contributed by atoms with Gasteiger partial charge in [-0.1, -0.05) is 48.5 Å². The zero-order valence-electron chi connectivity index (χ0n) is 12.3. The molecule has 0 saturated heterocycles. The van der Waals surface area contributed by atoms with Crippen LogP contribution in [0.4, 0.5) is 0 Å². The van der Waals surface area contributed by atoms with Crippen molar-refractivity contribution in [2.45, 2.75) is 5.75 Å². The number of thioether (sulfide) groups is 1. The molecule has 0 unspecified atom stereocenters. The second kappa shape index (κ2) is 9.20. The van der Waals surface area contributed by atoms with Crippen LogP contribution in [0.25, 0.3) is 5.70 Å². The molecule has 0 heterocycles. The van der Waals surface area contributed by atoms with Crippen molar-refractivity contribution in [2.24, 2.45) is 0 Å². The van der Waals surface area contributed by atoms with Gasteiger partial charge < -0.3 is 0 Å². The minimum Gasteiger partial charge on any atom is -0.299 e. The Morgan fingerprint density at radius 2 is 1.96 bits per heavy atom. The maximum Gasteiger partial charge on any atom is 0.248 e. The summed E-state index contributed by atoms with van der Waals surface area (Å²) in [4.78, 5) is 11.9. The number of rotatable bonds is 7. The quantitative estimate of drug-likeness (QED) is 0.475. The molecule has 2 aromatic carbocycles. The van der Waals surface area contributed by atoms with E-state index in [-0.39, 0.29) is 5.91 Å². The van der Waals surface area contributed by atoms with Gasteiger partial charge in [-0.25, -0.2) is 0 Å². The number of hydrogen-bond donors (Lipinski definition) is 2. The van der Waals surface area contributed by atoms with Gasteiger partial charge in [-0.3, -0.25) is 15.6 Å². The van der Waals surface area contributed by atoms with Crippen molar-refractivity contribution in [3.63, 3.8) is 0 Å². The van der Waals surface area contributed by atoms with Crippen LogP contribution >= 0.6 is 46.0 Å². The van der Waals surface area contributed by atoms with E-state index >= 15 is 0 Å². The third kappa shape index (κ3) is 6.08. The molecule has 6 heteroatoms. The largest absolute Gasteiger partial charge is 0.299 e. The number of hydrogen-bond acceptors (Lipinski definition) is 3. The molecule has 0 saturated carbocycles. The Morgan fingerprint density at radius 3 is 2.70 bits per heavy atom. The lowest BCUT2D eigenvalue weighted by atomic mass is 10.2. The molecule has 120 valence electrons. The molecule has 0 fully saturated rings. The summed E-state index contributed by atoms with van der Waals surface area (Å²) < 4.78 is 1.12. The van der Waals surface area contributed by atoms with Gasteiger partial charge in [-0.2, -0.15) is 0 Å². The fourth-order valence-corrected chi connectivity index (χ4v) is 3.45. The molecule has 2 rings (SSSR count). The smallest absolute Gasteiger partial charge is 0.248 e. The van der Waals surface area contributed by atoms with Crippen LogP contribution in [-0.2, 0) is 10.5 Å². The fourth-order valence-electron chi connectivity index (χ4n) is 1.80. The van der Waals surface area contributed by atoms with E-state index in [4.69, 9.17) is 11.6 Å². The van der Waals surface area contributed by atoms with E-state index in [0.717, 1.165) is 19.7 Å². The van der Waals surface area contributed by atoms with E-state index in [9.17, 15) is 4.79 Å². The Labute approximate surface area is 159 Å². The molecular formula is C17H16ClIN2OS. The van der Waals surface area contributed by atoms with E-state index in [0.29, 0.717) is 17.2 Å². The zero-order valence-corrected chi connectivity index (χ0v) is 16.0. The Balaban J connectivity index is 1.73. The van der Waals surface area contributed by atoms with Crippen molar-refractivity contribution in [1.82, 2.24) is 10.9 Å². The Bertz CT molecular complexity index is 708. The van der Waals surface area contributed by atoms with Gasteiger partial charge in [0.2, 0.25) is 5.91 Å². The third-order valence-corrected chi connectivity index (χ3v) is 5.00. The standard InChI is InChI=1S/C17H16ClIN2OS/c1-12(13-6-4-7-15(19)9-13)20-21-17(22)11-23-10-14-5-2-3-8-16(14)18/h2-9,20H,1,10-11H2,(H,21,22). The molecule has 0 radical (unpaired) electrons. The molecule has 0 bridgehead atoms. The number of carbonyl (C=O) groups is 1. The van der Waals surface area contributed by atoms with Crippen LogP contribution in [0.15, 0.2) is 55.1 Å². The second-order valence-electron chi connectivity index (χ2n) is 4.75. The normalized spacial score (nSPS) is 10.2. The van der Waals surface area contributed by atoms with Crippen molar-refractivity contribution >= 4 is 57.6 Å². The van der Waals surface area contributed by atoms with Crippen LogP contribution in [0.1, 0.15) is 11.1 Å². The highest BCUT2D eigenvalue weighted by Crippen LogP contribution is 2.20. The van der Waals surface area contributed by atoms with Gasteiger partial charge in [-0.05, 0) is 51.9 Å². The van der Waals surface area contributed by atoms with E-state index in [1.165, 1.54) is 11.8 Å².